The zero-order valence-electron chi connectivity index (χ0n) is 20.5. The van der Waals surface area contributed by atoms with E-state index < -0.39 is 5.97 Å². The van der Waals surface area contributed by atoms with E-state index in [0.717, 1.165) is 17.7 Å². The summed E-state index contributed by atoms with van der Waals surface area (Å²) in [5.41, 5.74) is 4.38. The average Bonchev–Trinajstić information content (AvgIpc) is 3.21. The van der Waals surface area contributed by atoms with Crippen molar-refractivity contribution in [3.8, 4) is 5.75 Å². The fraction of sp³-hybridized carbons (Fsp3) is 0.167. The number of aromatic carboxylic acids is 1. The molecule has 182 valence electrons. The zero-order valence-corrected chi connectivity index (χ0v) is 20.5. The first-order chi connectivity index (χ1) is 17.5. The molecule has 0 bridgehead atoms. The first-order valence-corrected chi connectivity index (χ1v) is 11.8. The highest BCUT2D eigenvalue weighted by Gasteiger charge is 2.19. The van der Waals surface area contributed by atoms with Gasteiger partial charge in [0.25, 0.3) is 0 Å². The summed E-state index contributed by atoms with van der Waals surface area (Å²) in [5, 5.41) is 15.1. The fourth-order valence-electron chi connectivity index (χ4n) is 4.04. The van der Waals surface area contributed by atoms with E-state index in [9.17, 15) is 9.90 Å². The molecule has 2 aromatic heterocycles. The molecule has 0 fully saturated rings. The molecule has 4 aromatic rings. The third-order valence-corrected chi connectivity index (χ3v) is 5.82. The standard InChI is InChI=1S/C30H29N3O3/c1-4-6-12-25(5-2)36-26-17-14-23(15-18-26)20-33-29-28(21(3)32-33)27(30(34)35)19-24(31-29)16-13-22-10-8-7-9-11-22/h4-12,14-15,17-19H,2,13,16,20H2,1,3H3,(H,34,35)/b6-4-,25-12+. The van der Waals surface area contributed by atoms with Gasteiger partial charge in [-0.05, 0) is 68.2 Å². The van der Waals surface area contributed by atoms with E-state index in [2.05, 4.69) is 23.8 Å². The second kappa shape index (κ2) is 11.3. The molecule has 4 rings (SSSR count). The Kier molecular flexibility index (Phi) is 7.75. The van der Waals surface area contributed by atoms with Crippen molar-refractivity contribution >= 4 is 17.0 Å². The second-order valence-corrected chi connectivity index (χ2v) is 8.44. The number of benzene rings is 2. The molecule has 0 saturated heterocycles. The van der Waals surface area contributed by atoms with Crippen LogP contribution in [0.2, 0.25) is 0 Å². The maximum atomic E-state index is 12.1. The van der Waals surface area contributed by atoms with E-state index >= 15 is 0 Å². The number of pyridine rings is 1. The van der Waals surface area contributed by atoms with Gasteiger partial charge in [-0.3, -0.25) is 0 Å². The van der Waals surface area contributed by atoms with Gasteiger partial charge in [-0.25, -0.2) is 14.5 Å². The molecule has 6 heteroatoms. The first-order valence-electron chi connectivity index (χ1n) is 11.8. The number of allylic oxidation sites excluding steroid dienone is 4. The van der Waals surface area contributed by atoms with Gasteiger partial charge in [0, 0.05) is 5.69 Å². The number of carboxylic acid groups (broad SMARTS) is 1. The zero-order chi connectivity index (χ0) is 25.5. The molecule has 6 nitrogen and oxygen atoms in total. The molecule has 36 heavy (non-hydrogen) atoms. The van der Waals surface area contributed by atoms with Crippen LogP contribution in [0, 0.1) is 6.92 Å². The maximum absolute atomic E-state index is 12.1. The Morgan fingerprint density at radius 2 is 1.83 bits per heavy atom. The molecule has 0 aliphatic carbocycles. The normalized spacial score (nSPS) is 11.8. The van der Waals surface area contributed by atoms with Gasteiger partial charge in [-0.15, -0.1) is 0 Å². The lowest BCUT2D eigenvalue weighted by atomic mass is 10.0. The minimum Gasteiger partial charge on any atom is -0.478 e. The lowest BCUT2D eigenvalue weighted by Gasteiger charge is -2.09. The number of aryl methyl sites for hydroxylation is 3. The van der Waals surface area contributed by atoms with Crippen LogP contribution in [0.15, 0.2) is 97.3 Å². The Bertz CT molecular complexity index is 1430. The van der Waals surface area contributed by atoms with E-state index in [-0.39, 0.29) is 5.56 Å². The lowest BCUT2D eigenvalue weighted by Crippen LogP contribution is -2.07. The number of nitrogens with zero attached hydrogens (tertiary/aromatic N) is 3. The fourth-order valence-corrected chi connectivity index (χ4v) is 4.04. The summed E-state index contributed by atoms with van der Waals surface area (Å²) in [7, 11) is 0. The third-order valence-electron chi connectivity index (χ3n) is 5.82. The van der Waals surface area contributed by atoms with Crippen LogP contribution in [0.3, 0.4) is 0 Å². The van der Waals surface area contributed by atoms with Crippen molar-refractivity contribution < 1.29 is 14.6 Å². The molecule has 0 radical (unpaired) electrons. The SMILES string of the molecule is C=C/C(=C\C=C/C)Oc1ccc(Cn2nc(C)c3c(C(=O)O)cc(CCc4ccccc4)nc32)cc1. The van der Waals surface area contributed by atoms with Crippen molar-refractivity contribution in [1.82, 2.24) is 14.8 Å². The van der Waals surface area contributed by atoms with Crippen LogP contribution in [0.25, 0.3) is 11.0 Å². The summed E-state index contributed by atoms with van der Waals surface area (Å²) < 4.78 is 7.64. The highest BCUT2D eigenvalue weighted by molar-refractivity contribution is 6.02. The van der Waals surface area contributed by atoms with Crippen molar-refractivity contribution in [2.75, 3.05) is 0 Å². The molecule has 0 aliphatic heterocycles. The molecule has 0 spiro atoms. The Labute approximate surface area is 210 Å². The van der Waals surface area contributed by atoms with Crippen molar-refractivity contribution in [3.63, 3.8) is 0 Å². The van der Waals surface area contributed by atoms with Gasteiger partial charge in [0.2, 0.25) is 0 Å². The van der Waals surface area contributed by atoms with Gasteiger partial charge in [0.05, 0.1) is 23.2 Å². The van der Waals surface area contributed by atoms with Crippen LogP contribution in [0.1, 0.15) is 39.8 Å². The highest BCUT2D eigenvalue weighted by Crippen LogP contribution is 2.25. The lowest BCUT2D eigenvalue weighted by molar-refractivity contribution is 0.0698. The first kappa shape index (κ1) is 24.7. The van der Waals surface area contributed by atoms with Crippen LogP contribution in [0.4, 0.5) is 0 Å². The summed E-state index contributed by atoms with van der Waals surface area (Å²) in [6.07, 6.45) is 8.74. The third kappa shape index (κ3) is 5.78. The van der Waals surface area contributed by atoms with Crippen LogP contribution < -0.4 is 4.74 Å². The Morgan fingerprint density at radius 1 is 1.08 bits per heavy atom. The van der Waals surface area contributed by atoms with Gasteiger partial charge in [-0.1, -0.05) is 61.2 Å². The molecular formula is C30H29N3O3. The minimum absolute atomic E-state index is 0.237. The molecule has 2 aromatic carbocycles. The minimum atomic E-state index is -0.975. The van der Waals surface area contributed by atoms with Crippen LogP contribution in [-0.4, -0.2) is 25.8 Å². The quantitative estimate of drug-likeness (QED) is 0.213. The van der Waals surface area contributed by atoms with Crippen molar-refractivity contribution in [1.29, 1.82) is 0 Å². The van der Waals surface area contributed by atoms with E-state index in [1.165, 1.54) is 5.56 Å². The van der Waals surface area contributed by atoms with E-state index in [1.54, 1.807) is 16.8 Å². The number of fused-ring (bicyclic) bond motifs is 1. The smallest absolute Gasteiger partial charge is 0.336 e. The van der Waals surface area contributed by atoms with Crippen LogP contribution in [-0.2, 0) is 19.4 Å². The number of rotatable bonds is 10. The molecule has 0 unspecified atom stereocenters. The summed E-state index contributed by atoms with van der Waals surface area (Å²) in [5.74, 6) is 0.380. The molecule has 0 amide bonds. The predicted molar refractivity (Wildman–Crippen MR) is 142 cm³/mol. The van der Waals surface area contributed by atoms with Crippen molar-refractivity contribution in [2.45, 2.75) is 33.2 Å². The summed E-state index contributed by atoms with van der Waals surface area (Å²) in [4.78, 5) is 16.9. The van der Waals surface area contributed by atoms with E-state index in [0.29, 0.717) is 41.2 Å². The van der Waals surface area contributed by atoms with Crippen LogP contribution in [0.5, 0.6) is 5.75 Å². The van der Waals surface area contributed by atoms with E-state index in [4.69, 9.17) is 9.72 Å². The van der Waals surface area contributed by atoms with Crippen LogP contribution >= 0.6 is 0 Å². The second-order valence-electron chi connectivity index (χ2n) is 8.44. The van der Waals surface area contributed by atoms with Gasteiger partial charge < -0.3 is 9.84 Å². The number of hydrogen-bond donors (Lipinski definition) is 1. The number of ether oxygens (including phenoxy) is 1. The van der Waals surface area contributed by atoms with E-state index in [1.807, 2.05) is 74.5 Å². The molecule has 0 atom stereocenters. The monoisotopic (exact) mass is 479 g/mol. The topological polar surface area (TPSA) is 77.2 Å². The molecule has 1 N–H and O–H groups in total. The average molecular weight is 480 g/mol. The Hall–Kier alpha value is -4.45. The van der Waals surface area contributed by atoms with Gasteiger partial charge in [-0.2, -0.15) is 5.10 Å². The Balaban J connectivity index is 1.61. The van der Waals surface area contributed by atoms with Gasteiger partial charge in [0.15, 0.2) is 5.65 Å². The number of aromatic nitrogens is 3. The van der Waals surface area contributed by atoms with Crippen molar-refractivity contribution in [2.24, 2.45) is 0 Å². The van der Waals surface area contributed by atoms with Gasteiger partial charge in [0.1, 0.15) is 11.5 Å². The predicted octanol–water partition coefficient (Wildman–Crippen LogP) is 6.30. The molecule has 2 heterocycles. The molecular weight excluding hydrogens is 450 g/mol. The van der Waals surface area contributed by atoms with Crippen molar-refractivity contribution in [3.05, 3.63) is 125 Å². The maximum Gasteiger partial charge on any atom is 0.336 e. The summed E-state index contributed by atoms with van der Waals surface area (Å²) in [6, 6.07) is 19.5. The Morgan fingerprint density at radius 3 is 2.50 bits per heavy atom. The summed E-state index contributed by atoms with van der Waals surface area (Å²) >= 11 is 0. The molecule has 0 saturated carbocycles. The number of carbonyl (C=O) groups is 1. The number of carboxylic acids is 1. The number of hydrogen-bond acceptors (Lipinski definition) is 4. The molecule has 0 aliphatic rings. The largest absolute Gasteiger partial charge is 0.478 e. The van der Waals surface area contributed by atoms with Gasteiger partial charge >= 0.3 is 5.97 Å². The summed E-state index contributed by atoms with van der Waals surface area (Å²) in [6.45, 7) is 8.00. The highest BCUT2D eigenvalue weighted by atomic mass is 16.5.